The molecule has 1 unspecified atom stereocenters. The fraction of sp³-hybridized carbons (Fsp3) is 0.625. The van der Waals surface area contributed by atoms with E-state index in [-0.39, 0.29) is 6.04 Å². The predicted octanol–water partition coefficient (Wildman–Crippen LogP) is 2.76. The van der Waals surface area contributed by atoms with Gasteiger partial charge in [-0.05, 0) is 57.6 Å². The summed E-state index contributed by atoms with van der Waals surface area (Å²) < 4.78 is 0. The van der Waals surface area contributed by atoms with E-state index < -0.39 is 0 Å². The van der Waals surface area contributed by atoms with Crippen molar-refractivity contribution in [1.82, 2.24) is 9.80 Å². The Balaban J connectivity index is 1.69. The van der Waals surface area contributed by atoms with Crippen LogP contribution in [0.25, 0.3) is 0 Å². The maximum Gasteiger partial charge on any atom is 0.0453 e. The van der Waals surface area contributed by atoms with E-state index >= 15 is 0 Å². The van der Waals surface area contributed by atoms with Crippen molar-refractivity contribution in [3.05, 3.63) is 34.9 Å². The third kappa shape index (κ3) is 4.74. The third-order valence-electron chi connectivity index (χ3n) is 4.12. The molecule has 1 aliphatic heterocycles. The van der Waals surface area contributed by atoms with Crippen LogP contribution in [-0.4, -0.2) is 49.6 Å². The molecule has 0 radical (unpaired) electrons. The van der Waals surface area contributed by atoms with Gasteiger partial charge in [0.15, 0.2) is 0 Å². The number of halogens is 1. The minimum atomic E-state index is 0.0259. The van der Waals surface area contributed by atoms with Crippen molar-refractivity contribution in [3.63, 3.8) is 0 Å². The molecule has 2 N–H and O–H groups in total. The van der Waals surface area contributed by atoms with Gasteiger partial charge < -0.3 is 15.5 Å². The Morgan fingerprint density at radius 2 is 1.95 bits per heavy atom. The number of hydrogen-bond acceptors (Lipinski definition) is 3. The van der Waals surface area contributed by atoms with Gasteiger partial charge in [0.1, 0.15) is 0 Å². The first-order chi connectivity index (χ1) is 9.66. The van der Waals surface area contributed by atoms with E-state index in [0.717, 1.165) is 30.1 Å². The molecule has 1 heterocycles. The molecule has 0 bridgehead atoms. The number of hydrogen-bond donors (Lipinski definition) is 1. The lowest BCUT2D eigenvalue weighted by molar-refractivity contribution is 0.251. The standard InChI is InChI=1S/C16H26ClN3/c1-19(12-13-20-9-4-5-10-20)11-8-16(18)14-6-2-3-7-15(14)17/h2-3,6-7,16H,4-5,8-13,18H2,1H3. The minimum Gasteiger partial charge on any atom is -0.324 e. The number of rotatable bonds is 7. The fourth-order valence-corrected chi connectivity index (χ4v) is 3.00. The van der Waals surface area contributed by atoms with Crippen molar-refractivity contribution in [1.29, 1.82) is 0 Å². The van der Waals surface area contributed by atoms with Crippen LogP contribution in [0.4, 0.5) is 0 Å². The van der Waals surface area contributed by atoms with Crippen molar-refractivity contribution in [3.8, 4) is 0 Å². The monoisotopic (exact) mass is 295 g/mol. The largest absolute Gasteiger partial charge is 0.324 e. The molecule has 20 heavy (non-hydrogen) atoms. The third-order valence-corrected chi connectivity index (χ3v) is 4.47. The van der Waals surface area contributed by atoms with Crippen LogP contribution >= 0.6 is 11.6 Å². The normalized spacial score (nSPS) is 17.8. The first-order valence-electron chi connectivity index (χ1n) is 7.57. The molecule has 1 fully saturated rings. The maximum absolute atomic E-state index is 6.24. The summed E-state index contributed by atoms with van der Waals surface area (Å²) in [7, 11) is 2.18. The lowest BCUT2D eigenvalue weighted by Gasteiger charge is -2.23. The second-order valence-electron chi connectivity index (χ2n) is 5.77. The maximum atomic E-state index is 6.24. The summed E-state index contributed by atoms with van der Waals surface area (Å²) in [6.45, 7) is 5.85. The van der Waals surface area contributed by atoms with Gasteiger partial charge in [-0.2, -0.15) is 0 Å². The second-order valence-corrected chi connectivity index (χ2v) is 6.18. The van der Waals surface area contributed by atoms with Crippen LogP contribution in [0.1, 0.15) is 30.9 Å². The Hall–Kier alpha value is -0.610. The zero-order chi connectivity index (χ0) is 14.4. The molecule has 0 amide bonds. The van der Waals surface area contributed by atoms with Gasteiger partial charge in [-0.3, -0.25) is 0 Å². The highest BCUT2D eigenvalue weighted by Gasteiger charge is 2.13. The molecule has 0 aromatic heterocycles. The smallest absolute Gasteiger partial charge is 0.0453 e. The molecule has 0 saturated carbocycles. The van der Waals surface area contributed by atoms with E-state index in [1.165, 1.54) is 32.5 Å². The average molecular weight is 296 g/mol. The van der Waals surface area contributed by atoms with Crippen LogP contribution in [0.3, 0.4) is 0 Å². The topological polar surface area (TPSA) is 32.5 Å². The highest BCUT2D eigenvalue weighted by Crippen LogP contribution is 2.23. The molecule has 4 heteroatoms. The Labute approximate surface area is 127 Å². The number of benzene rings is 1. The zero-order valence-electron chi connectivity index (χ0n) is 12.4. The molecule has 112 valence electrons. The van der Waals surface area contributed by atoms with E-state index in [2.05, 4.69) is 16.8 Å². The first-order valence-corrected chi connectivity index (χ1v) is 7.95. The molecule has 0 spiro atoms. The van der Waals surface area contributed by atoms with Gasteiger partial charge in [0.2, 0.25) is 0 Å². The number of nitrogens with two attached hydrogens (primary N) is 1. The number of likely N-dealkylation sites (N-methyl/N-ethyl adjacent to an activating group) is 1. The molecule has 1 aliphatic rings. The summed E-state index contributed by atoms with van der Waals surface area (Å²) in [5, 5.41) is 0.778. The molecule has 1 aromatic rings. The van der Waals surface area contributed by atoms with Crippen molar-refractivity contribution >= 4 is 11.6 Å². The van der Waals surface area contributed by atoms with Crippen LogP contribution in [0, 0.1) is 0 Å². The molecular formula is C16H26ClN3. The molecule has 0 aliphatic carbocycles. The van der Waals surface area contributed by atoms with E-state index in [4.69, 9.17) is 17.3 Å². The summed E-state index contributed by atoms with van der Waals surface area (Å²) in [6, 6.07) is 7.90. The van der Waals surface area contributed by atoms with Gasteiger partial charge in [-0.15, -0.1) is 0 Å². The number of likely N-dealkylation sites (tertiary alicyclic amines) is 1. The van der Waals surface area contributed by atoms with Crippen LogP contribution in [0.2, 0.25) is 5.02 Å². The van der Waals surface area contributed by atoms with Gasteiger partial charge >= 0.3 is 0 Å². The quantitative estimate of drug-likeness (QED) is 0.839. The highest BCUT2D eigenvalue weighted by molar-refractivity contribution is 6.31. The Morgan fingerprint density at radius 1 is 1.25 bits per heavy atom. The molecule has 1 atom stereocenters. The fourth-order valence-electron chi connectivity index (χ4n) is 2.72. The van der Waals surface area contributed by atoms with Gasteiger partial charge in [0.05, 0.1) is 0 Å². The summed E-state index contributed by atoms with van der Waals surface area (Å²) in [5.41, 5.74) is 7.30. The Bertz CT molecular complexity index is 404. The summed E-state index contributed by atoms with van der Waals surface area (Å²) in [4.78, 5) is 4.92. The summed E-state index contributed by atoms with van der Waals surface area (Å²) >= 11 is 6.18. The summed E-state index contributed by atoms with van der Waals surface area (Å²) in [6.07, 6.45) is 3.67. The molecule has 2 rings (SSSR count). The van der Waals surface area contributed by atoms with Crippen molar-refractivity contribution in [2.24, 2.45) is 5.73 Å². The van der Waals surface area contributed by atoms with Crippen LogP contribution < -0.4 is 5.73 Å². The van der Waals surface area contributed by atoms with E-state index in [9.17, 15) is 0 Å². The average Bonchev–Trinajstić information content (AvgIpc) is 2.96. The van der Waals surface area contributed by atoms with Crippen molar-refractivity contribution in [2.75, 3.05) is 39.8 Å². The molecule has 3 nitrogen and oxygen atoms in total. The Morgan fingerprint density at radius 3 is 2.65 bits per heavy atom. The SMILES string of the molecule is CN(CCC(N)c1ccccc1Cl)CCN1CCCC1. The highest BCUT2D eigenvalue weighted by atomic mass is 35.5. The van der Waals surface area contributed by atoms with Crippen LogP contribution in [-0.2, 0) is 0 Å². The van der Waals surface area contributed by atoms with Gasteiger partial charge in [0, 0.05) is 24.2 Å². The van der Waals surface area contributed by atoms with E-state index in [1.807, 2.05) is 24.3 Å². The summed E-state index contributed by atoms with van der Waals surface area (Å²) in [5.74, 6) is 0. The van der Waals surface area contributed by atoms with Crippen LogP contribution in [0.15, 0.2) is 24.3 Å². The molecule has 1 saturated heterocycles. The lowest BCUT2D eigenvalue weighted by Crippen LogP contribution is -2.33. The second kappa shape index (κ2) is 7.99. The van der Waals surface area contributed by atoms with Gasteiger partial charge in [0.25, 0.3) is 0 Å². The molecular weight excluding hydrogens is 270 g/mol. The van der Waals surface area contributed by atoms with Crippen LogP contribution in [0.5, 0.6) is 0 Å². The first kappa shape index (κ1) is 15.8. The van der Waals surface area contributed by atoms with Gasteiger partial charge in [-0.25, -0.2) is 0 Å². The lowest BCUT2D eigenvalue weighted by atomic mass is 10.0. The van der Waals surface area contributed by atoms with Crippen molar-refractivity contribution in [2.45, 2.75) is 25.3 Å². The zero-order valence-corrected chi connectivity index (χ0v) is 13.1. The molecule has 1 aromatic carbocycles. The Kier molecular flexibility index (Phi) is 6.30. The predicted molar refractivity (Wildman–Crippen MR) is 86.2 cm³/mol. The minimum absolute atomic E-state index is 0.0259. The number of nitrogens with zero attached hydrogens (tertiary/aromatic N) is 2. The van der Waals surface area contributed by atoms with Crippen molar-refractivity contribution < 1.29 is 0 Å². The van der Waals surface area contributed by atoms with E-state index in [0.29, 0.717) is 0 Å². The van der Waals surface area contributed by atoms with Gasteiger partial charge in [-0.1, -0.05) is 29.8 Å². The van der Waals surface area contributed by atoms with E-state index in [1.54, 1.807) is 0 Å².